The Hall–Kier alpha value is -2.25. The fourth-order valence-electron chi connectivity index (χ4n) is 2.15. The van der Waals surface area contributed by atoms with Crippen molar-refractivity contribution in [3.05, 3.63) is 67.6 Å². The van der Waals surface area contributed by atoms with Crippen LogP contribution in [0.4, 0.5) is 0 Å². The van der Waals surface area contributed by atoms with Crippen molar-refractivity contribution in [2.45, 2.75) is 0 Å². The van der Waals surface area contributed by atoms with E-state index in [9.17, 15) is 4.79 Å². The number of methoxy groups -OCH3 is 1. The number of fused-ring (bicyclic) bond motifs is 1. The molecule has 0 unspecified atom stereocenters. The van der Waals surface area contributed by atoms with Crippen LogP contribution in [0.2, 0.25) is 0 Å². The van der Waals surface area contributed by atoms with E-state index in [4.69, 9.17) is 17.0 Å². The summed E-state index contributed by atoms with van der Waals surface area (Å²) in [6, 6.07) is 12.7. The highest BCUT2D eigenvalue weighted by molar-refractivity contribution is 9.10. The van der Waals surface area contributed by atoms with E-state index < -0.39 is 0 Å². The standard InChI is InChI=1S/C16H12BrN3O2S/c1-22-14-7-6-10(8-12(14)17)9-18-20-15(21)11-4-2-3-5-13(11)19-16(20)23/h2-9H,1H3,(H,19,23)/b18-9-. The van der Waals surface area contributed by atoms with Gasteiger partial charge in [-0.3, -0.25) is 4.79 Å². The summed E-state index contributed by atoms with van der Waals surface area (Å²) >= 11 is 8.63. The van der Waals surface area contributed by atoms with Crippen LogP contribution in [-0.4, -0.2) is 23.0 Å². The summed E-state index contributed by atoms with van der Waals surface area (Å²) in [7, 11) is 1.60. The van der Waals surface area contributed by atoms with E-state index in [1.807, 2.05) is 24.3 Å². The van der Waals surface area contributed by atoms with Gasteiger partial charge in [-0.25, -0.2) is 0 Å². The first-order valence-electron chi connectivity index (χ1n) is 6.72. The number of nitrogens with zero attached hydrogens (tertiary/aromatic N) is 2. The number of nitrogens with one attached hydrogen (secondary N) is 1. The van der Waals surface area contributed by atoms with Crippen LogP contribution in [0.3, 0.4) is 0 Å². The highest BCUT2D eigenvalue weighted by Gasteiger charge is 2.04. The quantitative estimate of drug-likeness (QED) is 0.548. The maximum absolute atomic E-state index is 12.5. The third kappa shape index (κ3) is 3.11. The summed E-state index contributed by atoms with van der Waals surface area (Å²) in [4.78, 5) is 15.5. The Balaban J connectivity index is 2.06. The van der Waals surface area contributed by atoms with Gasteiger partial charge in [-0.05, 0) is 64.0 Å². The van der Waals surface area contributed by atoms with Crippen molar-refractivity contribution in [3.63, 3.8) is 0 Å². The van der Waals surface area contributed by atoms with Gasteiger partial charge in [0.1, 0.15) is 5.75 Å². The molecule has 0 aliphatic carbocycles. The van der Waals surface area contributed by atoms with E-state index in [1.54, 1.807) is 31.5 Å². The molecule has 0 aliphatic heterocycles. The summed E-state index contributed by atoms with van der Waals surface area (Å²) in [6.07, 6.45) is 1.57. The van der Waals surface area contributed by atoms with Crippen molar-refractivity contribution in [1.29, 1.82) is 0 Å². The summed E-state index contributed by atoms with van der Waals surface area (Å²) in [5, 5.41) is 4.74. The van der Waals surface area contributed by atoms with Crippen molar-refractivity contribution < 1.29 is 4.74 Å². The molecular weight excluding hydrogens is 378 g/mol. The number of aromatic amines is 1. The molecule has 0 amide bonds. The average Bonchev–Trinajstić information content (AvgIpc) is 2.55. The second-order valence-electron chi connectivity index (χ2n) is 4.73. The lowest BCUT2D eigenvalue weighted by atomic mass is 10.2. The molecule has 1 aromatic heterocycles. The number of hydrogen-bond acceptors (Lipinski definition) is 4. The Morgan fingerprint density at radius 1 is 1.30 bits per heavy atom. The third-order valence-electron chi connectivity index (χ3n) is 3.28. The van der Waals surface area contributed by atoms with Crippen LogP contribution in [-0.2, 0) is 0 Å². The molecule has 0 saturated heterocycles. The van der Waals surface area contributed by atoms with Gasteiger partial charge in [0.05, 0.1) is 28.7 Å². The Morgan fingerprint density at radius 3 is 2.83 bits per heavy atom. The topological polar surface area (TPSA) is 59.4 Å². The Bertz CT molecular complexity index is 1020. The predicted octanol–water partition coefficient (Wildman–Crippen LogP) is 3.71. The summed E-state index contributed by atoms with van der Waals surface area (Å²) < 4.78 is 7.41. The SMILES string of the molecule is COc1ccc(/C=N\n2c(=S)[nH]c3ccccc3c2=O)cc1Br. The van der Waals surface area contributed by atoms with Crippen LogP contribution >= 0.6 is 28.1 Å². The molecule has 5 nitrogen and oxygen atoms in total. The Morgan fingerprint density at radius 2 is 2.09 bits per heavy atom. The van der Waals surface area contributed by atoms with Crippen LogP contribution < -0.4 is 10.3 Å². The van der Waals surface area contributed by atoms with E-state index in [1.165, 1.54) is 4.68 Å². The van der Waals surface area contributed by atoms with Crippen molar-refractivity contribution in [2.75, 3.05) is 7.11 Å². The molecule has 0 fully saturated rings. The average molecular weight is 390 g/mol. The highest BCUT2D eigenvalue weighted by atomic mass is 79.9. The van der Waals surface area contributed by atoms with E-state index in [-0.39, 0.29) is 10.3 Å². The van der Waals surface area contributed by atoms with Crippen molar-refractivity contribution in [3.8, 4) is 5.75 Å². The van der Waals surface area contributed by atoms with Gasteiger partial charge >= 0.3 is 0 Å². The van der Waals surface area contributed by atoms with E-state index >= 15 is 0 Å². The zero-order valence-electron chi connectivity index (χ0n) is 12.1. The number of benzene rings is 2. The van der Waals surface area contributed by atoms with Crippen LogP contribution in [0.5, 0.6) is 5.75 Å². The maximum Gasteiger partial charge on any atom is 0.282 e. The number of H-pyrrole nitrogens is 1. The lowest BCUT2D eigenvalue weighted by molar-refractivity contribution is 0.412. The van der Waals surface area contributed by atoms with Gasteiger partial charge in [0, 0.05) is 0 Å². The van der Waals surface area contributed by atoms with Gasteiger partial charge in [-0.2, -0.15) is 9.78 Å². The number of halogens is 1. The fourth-order valence-corrected chi connectivity index (χ4v) is 2.94. The smallest absolute Gasteiger partial charge is 0.282 e. The maximum atomic E-state index is 12.5. The molecule has 1 N–H and O–H groups in total. The Labute approximate surface area is 145 Å². The summed E-state index contributed by atoms with van der Waals surface area (Å²) in [6.45, 7) is 0. The molecule has 0 bridgehead atoms. The normalized spacial score (nSPS) is 11.2. The first-order chi connectivity index (χ1) is 11.1. The molecule has 3 aromatic rings. The fraction of sp³-hybridized carbons (Fsp3) is 0.0625. The van der Waals surface area contributed by atoms with Gasteiger partial charge in [-0.1, -0.05) is 12.1 Å². The lowest BCUT2D eigenvalue weighted by Gasteiger charge is -2.04. The monoisotopic (exact) mass is 389 g/mol. The van der Waals surface area contributed by atoms with E-state index in [0.717, 1.165) is 15.8 Å². The molecule has 0 radical (unpaired) electrons. The second-order valence-corrected chi connectivity index (χ2v) is 5.97. The van der Waals surface area contributed by atoms with Gasteiger partial charge in [0.15, 0.2) is 0 Å². The largest absolute Gasteiger partial charge is 0.496 e. The molecule has 2 aromatic carbocycles. The van der Waals surface area contributed by atoms with Gasteiger partial charge in [0.25, 0.3) is 5.56 Å². The predicted molar refractivity (Wildman–Crippen MR) is 97.1 cm³/mol. The molecule has 0 spiro atoms. The third-order valence-corrected chi connectivity index (χ3v) is 4.18. The van der Waals surface area contributed by atoms with Crippen LogP contribution in [0, 0.1) is 4.77 Å². The van der Waals surface area contributed by atoms with Crippen LogP contribution in [0.1, 0.15) is 5.56 Å². The van der Waals surface area contributed by atoms with Gasteiger partial charge in [0.2, 0.25) is 4.77 Å². The molecule has 0 aliphatic rings. The number of para-hydroxylation sites is 1. The minimum Gasteiger partial charge on any atom is -0.496 e. The number of aromatic nitrogens is 2. The van der Waals surface area contributed by atoms with E-state index in [2.05, 4.69) is 26.0 Å². The first kappa shape index (κ1) is 15.6. The molecule has 7 heteroatoms. The van der Waals surface area contributed by atoms with Gasteiger partial charge in [-0.15, -0.1) is 0 Å². The summed E-state index contributed by atoms with van der Waals surface area (Å²) in [5.74, 6) is 0.724. The molecule has 0 saturated carbocycles. The van der Waals surface area contributed by atoms with Crippen molar-refractivity contribution >= 4 is 45.3 Å². The van der Waals surface area contributed by atoms with Gasteiger partial charge < -0.3 is 9.72 Å². The molecule has 3 rings (SSSR count). The highest BCUT2D eigenvalue weighted by Crippen LogP contribution is 2.24. The lowest BCUT2D eigenvalue weighted by Crippen LogP contribution is -2.18. The van der Waals surface area contributed by atoms with Crippen LogP contribution in [0.25, 0.3) is 10.9 Å². The minimum atomic E-state index is -0.256. The van der Waals surface area contributed by atoms with Crippen molar-refractivity contribution in [2.24, 2.45) is 5.10 Å². The molecule has 116 valence electrons. The Kier molecular flexibility index (Phi) is 4.40. The molecule has 23 heavy (non-hydrogen) atoms. The molecule has 1 heterocycles. The molecule has 0 atom stereocenters. The molecular formula is C16H12BrN3O2S. The number of ether oxygens (including phenoxy) is 1. The van der Waals surface area contributed by atoms with Crippen molar-refractivity contribution in [1.82, 2.24) is 9.66 Å². The zero-order chi connectivity index (χ0) is 16.4. The summed E-state index contributed by atoms with van der Waals surface area (Å²) in [5.41, 5.74) is 1.25. The number of rotatable bonds is 3. The minimum absolute atomic E-state index is 0.248. The van der Waals surface area contributed by atoms with E-state index in [0.29, 0.717) is 10.9 Å². The first-order valence-corrected chi connectivity index (χ1v) is 7.92. The zero-order valence-corrected chi connectivity index (χ0v) is 14.5. The number of hydrogen-bond donors (Lipinski definition) is 1. The second kappa shape index (κ2) is 6.47. The van der Waals surface area contributed by atoms with Crippen LogP contribution in [0.15, 0.2) is 56.8 Å².